The Morgan fingerprint density at radius 2 is 1.44 bits per heavy atom. The molecule has 0 radical (unpaired) electrons. The van der Waals surface area contributed by atoms with Gasteiger partial charge in [0.15, 0.2) is 0 Å². The number of phenolic OH excluding ortho intramolecular Hbond substituents is 2. The maximum absolute atomic E-state index is 13.8. The van der Waals surface area contributed by atoms with E-state index >= 15 is 0 Å². The van der Waals surface area contributed by atoms with Crippen molar-refractivity contribution in [1.82, 2.24) is 0 Å². The van der Waals surface area contributed by atoms with Crippen LogP contribution < -0.4 is 15.5 Å². The Hall–Kier alpha value is -5.77. The summed E-state index contributed by atoms with van der Waals surface area (Å²) in [5, 5.41) is 32.1. The highest BCUT2D eigenvalue weighted by Gasteiger charge is 2.37. The Bertz CT molecular complexity index is 2080. The van der Waals surface area contributed by atoms with Gasteiger partial charge in [-0.3, -0.25) is 15.2 Å². The number of amides is 2. The third kappa shape index (κ3) is 6.42. The van der Waals surface area contributed by atoms with Crippen molar-refractivity contribution in [3.05, 3.63) is 96.1 Å². The second-order valence-corrected chi connectivity index (χ2v) is 13.6. The first-order chi connectivity index (χ1) is 22.7. The zero-order valence-corrected chi connectivity index (χ0v) is 27.7. The molecule has 0 aliphatic carbocycles. The first kappa shape index (κ1) is 32.2. The lowest BCUT2D eigenvalue weighted by atomic mass is 9.98. The van der Waals surface area contributed by atoms with Gasteiger partial charge >= 0.3 is 12.2 Å². The van der Waals surface area contributed by atoms with Gasteiger partial charge in [0.25, 0.3) is 0 Å². The molecule has 5 aromatic rings. The van der Waals surface area contributed by atoms with Crippen molar-refractivity contribution in [3.8, 4) is 11.5 Å². The third-order valence-electron chi connectivity index (χ3n) is 7.65. The number of hydrogen-bond acceptors (Lipinski definition) is 8. The molecule has 1 aliphatic heterocycles. The van der Waals surface area contributed by atoms with Crippen LogP contribution in [0, 0.1) is 0 Å². The maximum atomic E-state index is 13.8. The van der Waals surface area contributed by atoms with Gasteiger partial charge in [0, 0.05) is 28.2 Å². The monoisotopic (exact) mass is 646 g/mol. The molecule has 0 saturated heterocycles. The zero-order valence-electron chi connectivity index (χ0n) is 27.7. The Kier molecular flexibility index (Phi) is 8.12. The Labute approximate surface area is 278 Å². The Morgan fingerprint density at radius 3 is 2.12 bits per heavy atom. The van der Waals surface area contributed by atoms with Gasteiger partial charge in [0.2, 0.25) is 0 Å². The van der Waals surface area contributed by atoms with E-state index in [2.05, 4.69) is 15.6 Å². The van der Waals surface area contributed by atoms with Crippen LogP contribution in [0.15, 0.2) is 89.9 Å². The number of aliphatic imine (C=N–C) groups is 1. The molecule has 1 unspecified atom stereocenters. The third-order valence-corrected chi connectivity index (χ3v) is 7.65. The molecule has 4 N–H and O–H groups in total. The van der Waals surface area contributed by atoms with E-state index in [-0.39, 0.29) is 17.1 Å². The topological polar surface area (TPSA) is 133 Å². The van der Waals surface area contributed by atoms with Crippen LogP contribution >= 0.6 is 0 Å². The maximum Gasteiger partial charge on any atom is 0.416 e. The molecule has 5 aromatic carbocycles. The molecule has 0 spiro atoms. The van der Waals surface area contributed by atoms with E-state index in [4.69, 9.17) is 9.47 Å². The highest BCUT2D eigenvalue weighted by molar-refractivity contribution is 6.11. The van der Waals surface area contributed by atoms with Gasteiger partial charge in [-0.15, -0.1) is 0 Å². The van der Waals surface area contributed by atoms with Gasteiger partial charge in [-0.1, -0.05) is 48.5 Å². The Balaban J connectivity index is 1.42. The normalized spacial score (nSPS) is 14.6. The van der Waals surface area contributed by atoms with Gasteiger partial charge in [0.05, 0.1) is 22.6 Å². The molecule has 10 nitrogen and oxygen atoms in total. The Morgan fingerprint density at radius 1 is 0.812 bits per heavy atom. The van der Waals surface area contributed by atoms with Crippen molar-refractivity contribution >= 4 is 62.7 Å². The summed E-state index contributed by atoms with van der Waals surface area (Å²) in [7, 11) is 0. The van der Waals surface area contributed by atoms with Crippen LogP contribution in [-0.4, -0.2) is 39.8 Å². The molecule has 0 saturated carbocycles. The fourth-order valence-electron chi connectivity index (χ4n) is 5.77. The number of benzene rings is 5. The molecular weight excluding hydrogens is 608 g/mol. The van der Waals surface area contributed by atoms with Crippen molar-refractivity contribution in [2.75, 3.05) is 15.5 Å². The molecule has 0 aromatic heterocycles. The average molecular weight is 647 g/mol. The van der Waals surface area contributed by atoms with Crippen molar-refractivity contribution in [1.29, 1.82) is 0 Å². The highest BCUT2D eigenvalue weighted by Crippen LogP contribution is 2.46. The van der Waals surface area contributed by atoms with Crippen LogP contribution in [0.4, 0.5) is 32.3 Å². The molecular formula is C38H38N4O6. The second-order valence-electron chi connectivity index (χ2n) is 13.6. The number of hydrogen-bond donors (Lipinski definition) is 4. The number of fused-ring (bicyclic) bond motifs is 1. The molecule has 0 bridgehead atoms. The van der Waals surface area contributed by atoms with Gasteiger partial charge in [-0.2, -0.15) is 0 Å². The van der Waals surface area contributed by atoms with Gasteiger partial charge in [-0.25, -0.2) is 9.59 Å². The average Bonchev–Trinajstić information content (AvgIpc) is 2.99. The smallest absolute Gasteiger partial charge is 0.416 e. The predicted molar refractivity (Wildman–Crippen MR) is 190 cm³/mol. The van der Waals surface area contributed by atoms with Crippen LogP contribution in [-0.2, 0) is 9.47 Å². The molecule has 246 valence electrons. The fourth-order valence-corrected chi connectivity index (χ4v) is 5.77. The quantitative estimate of drug-likeness (QED) is 0.143. The van der Waals surface area contributed by atoms with Gasteiger partial charge in [0.1, 0.15) is 28.9 Å². The summed E-state index contributed by atoms with van der Waals surface area (Å²) >= 11 is 0. The van der Waals surface area contributed by atoms with E-state index in [1.165, 1.54) is 17.2 Å². The largest absolute Gasteiger partial charge is 0.507 e. The second kappa shape index (κ2) is 12.1. The summed E-state index contributed by atoms with van der Waals surface area (Å²) in [5.41, 5.74) is 1.26. The molecule has 10 heteroatoms. The number of nitrogens with zero attached hydrogens (tertiary/aromatic N) is 2. The van der Waals surface area contributed by atoms with Crippen molar-refractivity contribution in [3.63, 3.8) is 0 Å². The van der Waals surface area contributed by atoms with Gasteiger partial charge < -0.3 is 25.0 Å². The number of phenols is 2. The summed E-state index contributed by atoms with van der Waals surface area (Å²) in [6.07, 6.45) is -0.744. The highest BCUT2D eigenvalue weighted by atomic mass is 16.6. The summed E-state index contributed by atoms with van der Waals surface area (Å²) in [6, 6.07) is 25.4. The lowest BCUT2D eigenvalue weighted by molar-refractivity contribution is 0.0566. The van der Waals surface area contributed by atoms with E-state index in [1.807, 2.05) is 60.7 Å². The number of nitrogens with one attached hydrogen (secondary N) is 2. The molecule has 0 fully saturated rings. The minimum atomic E-state index is -0.893. The molecule has 1 heterocycles. The van der Waals surface area contributed by atoms with Crippen molar-refractivity contribution in [2.24, 2.45) is 4.99 Å². The van der Waals surface area contributed by atoms with E-state index in [0.29, 0.717) is 28.0 Å². The number of rotatable bonds is 4. The lowest BCUT2D eigenvalue weighted by Gasteiger charge is -2.39. The molecule has 1 atom stereocenters. The van der Waals surface area contributed by atoms with E-state index in [9.17, 15) is 19.8 Å². The van der Waals surface area contributed by atoms with E-state index in [1.54, 1.807) is 59.7 Å². The molecule has 1 aliphatic rings. The minimum Gasteiger partial charge on any atom is -0.507 e. The number of carbonyl (C=O) groups is 2. The summed E-state index contributed by atoms with van der Waals surface area (Å²) in [6.45, 7) is 10.7. The summed E-state index contributed by atoms with van der Waals surface area (Å²) in [5.74, 6) is -0.488. The first-order valence-corrected chi connectivity index (χ1v) is 15.6. The SMILES string of the molecule is CC(C)(C)OC(=O)Nc1cccc2cccc(N=Cc3c(O)ccc(C4Nc5cccc6cccc(c56)N4C(=O)OC(C)(C)C)c3O)c12. The van der Waals surface area contributed by atoms with Gasteiger partial charge in [-0.05, 0) is 88.7 Å². The number of ether oxygens (including phenoxy) is 2. The first-order valence-electron chi connectivity index (χ1n) is 15.6. The summed E-state index contributed by atoms with van der Waals surface area (Å²) in [4.78, 5) is 32.6. The van der Waals surface area contributed by atoms with Crippen LogP contribution in [0.5, 0.6) is 11.5 Å². The number of carbonyl (C=O) groups excluding carboxylic acids is 2. The van der Waals surface area contributed by atoms with E-state index < -0.39 is 29.6 Å². The lowest BCUT2D eigenvalue weighted by Crippen LogP contribution is -2.44. The fraction of sp³-hybridized carbons (Fsp3) is 0.237. The molecule has 48 heavy (non-hydrogen) atoms. The summed E-state index contributed by atoms with van der Waals surface area (Å²) < 4.78 is 11.3. The molecule has 6 rings (SSSR count). The minimum absolute atomic E-state index is 0.0464. The number of aromatic hydroxyl groups is 2. The predicted octanol–water partition coefficient (Wildman–Crippen LogP) is 9.37. The van der Waals surface area contributed by atoms with Crippen LogP contribution in [0.25, 0.3) is 21.5 Å². The van der Waals surface area contributed by atoms with Crippen LogP contribution in [0.2, 0.25) is 0 Å². The zero-order chi connectivity index (χ0) is 34.4. The van der Waals surface area contributed by atoms with Crippen molar-refractivity contribution in [2.45, 2.75) is 58.9 Å². The van der Waals surface area contributed by atoms with Crippen LogP contribution in [0.1, 0.15) is 58.8 Å². The number of anilines is 3. The molecule has 2 amide bonds. The van der Waals surface area contributed by atoms with Crippen molar-refractivity contribution < 1.29 is 29.3 Å². The van der Waals surface area contributed by atoms with E-state index in [0.717, 1.165) is 21.8 Å². The van der Waals surface area contributed by atoms with Crippen LogP contribution in [0.3, 0.4) is 0 Å². The standard InChI is InChI=1S/C38H38N4O6/c1-37(2,3)47-35(45)41-27-16-8-12-22-11-7-15-26(31(22)27)39-21-25-30(43)20-19-24(33(25)44)34-40-28-17-9-13-23-14-10-18-29(32(23)28)42(34)36(46)48-38(4,5)6/h7-21,34,40,43-44H,1-6H3,(H,41,45).